The average Bonchev–Trinajstić information content (AvgIpc) is 2.55. The fraction of sp³-hybridized carbons (Fsp3) is 0.267. The molecule has 2 N–H and O–H groups in total. The number of rotatable bonds is 7. The van der Waals surface area contributed by atoms with Crippen LogP contribution in [0.25, 0.3) is 0 Å². The maximum absolute atomic E-state index is 12.7. The molecule has 0 radical (unpaired) electrons. The van der Waals surface area contributed by atoms with Gasteiger partial charge < -0.3 is 5.32 Å². The van der Waals surface area contributed by atoms with Gasteiger partial charge in [-0.05, 0) is 37.3 Å². The SMILES string of the molecule is CCNc1ccc(S(=O)(=O)N(C)C)cc1NS(=O)(=O)c1ccc(Cl)nc1Cl. The summed E-state index contributed by atoms with van der Waals surface area (Å²) in [6.07, 6.45) is 0. The Hall–Kier alpha value is -1.59. The van der Waals surface area contributed by atoms with E-state index in [4.69, 9.17) is 23.2 Å². The lowest BCUT2D eigenvalue weighted by atomic mass is 10.2. The van der Waals surface area contributed by atoms with Gasteiger partial charge in [-0.15, -0.1) is 0 Å². The molecule has 0 saturated heterocycles. The first kappa shape index (κ1) is 21.7. The Morgan fingerprint density at radius 2 is 1.70 bits per heavy atom. The predicted molar refractivity (Wildman–Crippen MR) is 107 cm³/mol. The fourth-order valence-electron chi connectivity index (χ4n) is 2.12. The van der Waals surface area contributed by atoms with Crippen molar-refractivity contribution in [2.75, 3.05) is 30.7 Å². The number of aromatic nitrogens is 1. The molecular formula is C15H18Cl2N4O4S2. The van der Waals surface area contributed by atoms with Crippen molar-refractivity contribution < 1.29 is 16.8 Å². The first-order valence-corrected chi connectivity index (χ1v) is 11.3. The summed E-state index contributed by atoms with van der Waals surface area (Å²) in [5.74, 6) is 0. The van der Waals surface area contributed by atoms with E-state index in [1.165, 1.54) is 44.4 Å². The summed E-state index contributed by atoms with van der Waals surface area (Å²) in [5, 5.41) is 2.73. The monoisotopic (exact) mass is 452 g/mol. The standard InChI is InChI=1S/C15H18Cl2N4O4S2/c1-4-18-11-6-5-10(27(24,25)21(2)3)9-12(11)20-26(22,23)13-7-8-14(16)19-15(13)17/h5-9,18,20H,4H2,1-3H3. The third-order valence-electron chi connectivity index (χ3n) is 3.45. The van der Waals surface area contributed by atoms with Crippen LogP contribution in [0.3, 0.4) is 0 Å². The number of anilines is 2. The van der Waals surface area contributed by atoms with Crippen molar-refractivity contribution >= 4 is 54.6 Å². The molecular weight excluding hydrogens is 435 g/mol. The van der Waals surface area contributed by atoms with Gasteiger partial charge in [0.05, 0.1) is 16.3 Å². The Kier molecular flexibility index (Phi) is 6.59. The topological polar surface area (TPSA) is 108 Å². The number of nitrogens with zero attached hydrogens (tertiary/aromatic N) is 2. The maximum atomic E-state index is 12.7. The van der Waals surface area contributed by atoms with E-state index in [2.05, 4.69) is 15.0 Å². The molecule has 27 heavy (non-hydrogen) atoms. The van der Waals surface area contributed by atoms with Crippen LogP contribution in [0.1, 0.15) is 6.92 Å². The molecule has 0 aliphatic rings. The van der Waals surface area contributed by atoms with Crippen molar-refractivity contribution in [3.05, 3.63) is 40.6 Å². The summed E-state index contributed by atoms with van der Waals surface area (Å²) in [7, 11) is -5.11. The first-order chi connectivity index (χ1) is 12.5. The second-order valence-electron chi connectivity index (χ2n) is 5.55. The largest absolute Gasteiger partial charge is 0.384 e. The minimum atomic E-state index is -4.14. The quantitative estimate of drug-likeness (QED) is 0.625. The highest BCUT2D eigenvalue weighted by Gasteiger charge is 2.23. The zero-order chi connectivity index (χ0) is 20.4. The number of benzene rings is 1. The van der Waals surface area contributed by atoms with Crippen molar-refractivity contribution in [2.45, 2.75) is 16.7 Å². The molecule has 1 heterocycles. The van der Waals surface area contributed by atoms with Gasteiger partial charge in [0.15, 0.2) is 5.15 Å². The summed E-state index contributed by atoms with van der Waals surface area (Å²) in [6, 6.07) is 6.62. The van der Waals surface area contributed by atoms with Gasteiger partial charge in [0.25, 0.3) is 10.0 Å². The van der Waals surface area contributed by atoms with Crippen molar-refractivity contribution in [3.8, 4) is 0 Å². The van der Waals surface area contributed by atoms with E-state index in [1.807, 2.05) is 6.92 Å². The molecule has 2 rings (SSSR count). The number of sulfonamides is 2. The van der Waals surface area contributed by atoms with Gasteiger partial charge in [0.2, 0.25) is 10.0 Å². The fourth-order valence-corrected chi connectivity index (χ4v) is 4.78. The van der Waals surface area contributed by atoms with Gasteiger partial charge in [-0.25, -0.2) is 26.1 Å². The smallest absolute Gasteiger partial charge is 0.265 e. The van der Waals surface area contributed by atoms with E-state index in [0.717, 1.165) is 4.31 Å². The Labute approximate surface area is 168 Å². The highest BCUT2D eigenvalue weighted by Crippen LogP contribution is 2.30. The Balaban J connectivity index is 2.55. The minimum absolute atomic E-state index is 0.0476. The number of hydrogen-bond acceptors (Lipinski definition) is 6. The van der Waals surface area contributed by atoms with Crippen LogP contribution < -0.4 is 10.0 Å². The minimum Gasteiger partial charge on any atom is -0.384 e. The molecule has 2 aromatic rings. The summed E-state index contributed by atoms with van der Waals surface area (Å²) < 4.78 is 53.6. The second kappa shape index (κ2) is 8.19. The van der Waals surface area contributed by atoms with Gasteiger partial charge >= 0.3 is 0 Å². The van der Waals surface area contributed by atoms with Gasteiger partial charge in [-0.3, -0.25) is 4.72 Å². The molecule has 0 bridgehead atoms. The van der Waals surface area contributed by atoms with E-state index < -0.39 is 20.0 Å². The molecule has 12 heteroatoms. The molecule has 8 nitrogen and oxygen atoms in total. The van der Waals surface area contributed by atoms with Crippen LogP contribution >= 0.6 is 23.2 Å². The molecule has 1 aromatic carbocycles. The molecule has 0 fully saturated rings. The van der Waals surface area contributed by atoms with Crippen LogP contribution in [0.15, 0.2) is 40.1 Å². The Morgan fingerprint density at radius 3 is 2.26 bits per heavy atom. The lowest BCUT2D eigenvalue weighted by Gasteiger charge is -2.17. The second-order valence-corrected chi connectivity index (χ2v) is 10.1. The third-order valence-corrected chi connectivity index (χ3v) is 7.27. The van der Waals surface area contributed by atoms with Crippen LogP contribution in [0, 0.1) is 0 Å². The van der Waals surface area contributed by atoms with Gasteiger partial charge in [-0.2, -0.15) is 0 Å². The van der Waals surface area contributed by atoms with Gasteiger partial charge in [-0.1, -0.05) is 23.2 Å². The zero-order valence-corrected chi connectivity index (χ0v) is 17.8. The number of pyridine rings is 1. The van der Waals surface area contributed by atoms with Gasteiger partial charge in [0, 0.05) is 20.6 Å². The predicted octanol–water partition coefficient (Wildman–Crippen LogP) is 2.87. The summed E-state index contributed by atoms with van der Waals surface area (Å²) >= 11 is 11.6. The lowest BCUT2D eigenvalue weighted by Crippen LogP contribution is -2.23. The molecule has 0 aliphatic heterocycles. The third kappa shape index (κ3) is 4.82. The van der Waals surface area contributed by atoms with Gasteiger partial charge in [0.1, 0.15) is 10.0 Å². The van der Waals surface area contributed by atoms with E-state index in [-0.39, 0.29) is 25.8 Å². The van der Waals surface area contributed by atoms with E-state index in [9.17, 15) is 16.8 Å². The number of nitrogens with one attached hydrogen (secondary N) is 2. The lowest BCUT2D eigenvalue weighted by molar-refractivity contribution is 0.521. The Bertz CT molecular complexity index is 1060. The number of halogens is 2. The van der Waals surface area contributed by atoms with Crippen LogP contribution in [-0.2, 0) is 20.0 Å². The molecule has 0 atom stereocenters. The molecule has 1 aromatic heterocycles. The highest BCUT2D eigenvalue weighted by atomic mass is 35.5. The van der Waals surface area contributed by atoms with Crippen LogP contribution in [0.5, 0.6) is 0 Å². The van der Waals surface area contributed by atoms with Crippen LogP contribution in [0.2, 0.25) is 10.3 Å². The average molecular weight is 453 g/mol. The first-order valence-electron chi connectivity index (χ1n) is 7.64. The zero-order valence-electron chi connectivity index (χ0n) is 14.7. The van der Waals surface area contributed by atoms with Crippen LogP contribution in [-0.4, -0.2) is 46.8 Å². The van der Waals surface area contributed by atoms with E-state index in [0.29, 0.717) is 12.2 Å². The van der Waals surface area contributed by atoms with Crippen molar-refractivity contribution in [3.63, 3.8) is 0 Å². The van der Waals surface area contributed by atoms with E-state index >= 15 is 0 Å². The molecule has 0 amide bonds. The van der Waals surface area contributed by atoms with Crippen LogP contribution in [0.4, 0.5) is 11.4 Å². The maximum Gasteiger partial charge on any atom is 0.265 e. The summed E-state index contributed by atoms with van der Waals surface area (Å²) in [4.78, 5) is 3.37. The molecule has 0 unspecified atom stereocenters. The molecule has 0 saturated carbocycles. The summed E-state index contributed by atoms with van der Waals surface area (Å²) in [6.45, 7) is 2.32. The highest BCUT2D eigenvalue weighted by molar-refractivity contribution is 7.93. The molecule has 0 aliphatic carbocycles. The molecule has 148 valence electrons. The van der Waals surface area contributed by atoms with Crippen molar-refractivity contribution in [2.24, 2.45) is 0 Å². The molecule has 0 spiro atoms. The van der Waals surface area contributed by atoms with Crippen molar-refractivity contribution in [1.29, 1.82) is 0 Å². The van der Waals surface area contributed by atoms with Crippen molar-refractivity contribution in [1.82, 2.24) is 9.29 Å². The van der Waals surface area contributed by atoms with E-state index in [1.54, 1.807) is 0 Å². The number of hydrogen-bond donors (Lipinski definition) is 2. The normalized spacial score (nSPS) is 12.2. The Morgan fingerprint density at radius 1 is 1.04 bits per heavy atom. The summed E-state index contributed by atoms with van der Waals surface area (Å²) in [5.41, 5.74) is 0.475.